The molecule has 0 radical (unpaired) electrons. The zero-order valence-corrected chi connectivity index (χ0v) is 13.3. The van der Waals surface area contributed by atoms with Crippen molar-refractivity contribution in [2.24, 2.45) is 18.4 Å². The Balaban J connectivity index is 1.81. The largest absolute Gasteiger partial charge is 0.373 e. The number of aryl methyl sites for hydroxylation is 1. The summed E-state index contributed by atoms with van der Waals surface area (Å²) in [5.41, 5.74) is 1.34. The Kier molecular flexibility index (Phi) is 5.38. The van der Waals surface area contributed by atoms with Crippen LogP contribution < -0.4 is 5.32 Å². The van der Waals surface area contributed by atoms with E-state index in [4.69, 9.17) is 10.00 Å². The van der Waals surface area contributed by atoms with E-state index < -0.39 is 0 Å². The van der Waals surface area contributed by atoms with Crippen LogP contribution in [0.2, 0.25) is 0 Å². The molecule has 0 saturated carbocycles. The van der Waals surface area contributed by atoms with Crippen LogP contribution in [0.1, 0.15) is 44.8 Å². The van der Waals surface area contributed by atoms with Gasteiger partial charge in [-0.2, -0.15) is 10.4 Å². The van der Waals surface area contributed by atoms with Crippen LogP contribution in [0.5, 0.6) is 0 Å². The van der Waals surface area contributed by atoms with Crippen molar-refractivity contribution in [2.45, 2.75) is 39.2 Å². The summed E-state index contributed by atoms with van der Waals surface area (Å²) >= 11 is 0. The van der Waals surface area contributed by atoms with Crippen LogP contribution in [-0.2, 0) is 11.8 Å². The minimum absolute atomic E-state index is 0.161. The maximum Gasteiger partial charge on any atom is 0.0896 e. The van der Waals surface area contributed by atoms with Gasteiger partial charge < -0.3 is 10.1 Å². The number of nitrogens with one attached hydrogen (secondary N) is 1. The minimum atomic E-state index is 0.161. The molecule has 0 spiro atoms. The van der Waals surface area contributed by atoms with Crippen LogP contribution in [0.3, 0.4) is 0 Å². The summed E-state index contributed by atoms with van der Waals surface area (Å²) in [6.45, 7) is 7.13. The van der Waals surface area contributed by atoms with Crippen LogP contribution >= 0.6 is 0 Å². The molecular weight excluding hydrogens is 264 g/mol. The molecule has 2 heterocycles. The lowest BCUT2D eigenvalue weighted by Gasteiger charge is -2.26. The van der Waals surface area contributed by atoms with Gasteiger partial charge >= 0.3 is 0 Å². The zero-order chi connectivity index (χ0) is 15.3. The summed E-state index contributed by atoms with van der Waals surface area (Å²) in [4.78, 5) is 0. The molecule has 0 aliphatic carbocycles. The predicted molar refractivity (Wildman–Crippen MR) is 81.5 cm³/mol. The van der Waals surface area contributed by atoms with E-state index in [1.165, 1.54) is 5.56 Å². The highest BCUT2D eigenvalue weighted by atomic mass is 16.5. The van der Waals surface area contributed by atoms with Gasteiger partial charge in [-0.3, -0.25) is 4.68 Å². The van der Waals surface area contributed by atoms with Gasteiger partial charge in [0.2, 0.25) is 0 Å². The van der Waals surface area contributed by atoms with Gasteiger partial charge in [0.25, 0.3) is 0 Å². The van der Waals surface area contributed by atoms with Crippen molar-refractivity contribution in [2.75, 3.05) is 19.7 Å². The van der Waals surface area contributed by atoms with Crippen molar-refractivity contribution < 1.29 is 4.74 Å². The van der Waals surface area contributed by atoms with Gasteiger partial charge in [0.1, 0.15) is 0 Å². The second kappa shape index (κ2) is 7.06. The van der Waals surface area contributed by atoms with E-state index in [-0.39, 0.29) is 11.5 Å². The second-order valence-electron chi connectivity index (χ2n) is 6.74. The van der Waals surface area contributed by atoms with Gasteiger partial charge in [-0.15, -0.1) is 0 Å². The number of nitrogens with zero attached hydrogens (tertiary/aromatic N) is 3. The van der Waals surface area contributed by atoms with E-state index in [0.717, 1.165) is 32.5 Å². The molecular formula is C16H26N4O. The molecule has 21 heavy (non-hydrogen) atoms. The maximum atomic E-state index is 8.70. The van der Waals surface area contributed by atoms with E-state index >= 15 is 0 Å². The molecule has 2 atom stereocenters. The Bertz CT molecular complexity index is 489. The molecule has 0 unspecified atom stereocenters. The average molecular weight is 290 g/mol. The van der Waals surface area contributed by atoms with Crippen molar-refractivity contribution in [3.63, 3.8) is 0 Å². The van der Waals surface area contributed by atoms with Gasteiger partial charge in [0.05, 0.1) is 18.4 Å². The lowest BCUT2D eigenvalue weighted by Crippen LogP contribution is -2.33. The maximum absolute atomic E-state index is 8.70. The summed E-state index contributed by atoms with van der Waals surface area (Å²) in [5.74, 6) is 0.501. The third-order valence-corrected chi connectivity index (χ3v) is 4.19. The van der Waals surface area contributed by atoms with Crippen molar-refractivity contribution >= 4 is 0 Å². The molecule has 0 bridgehead atoms. The van der Waals surface area contributed by atoms with Crippen molar-refractivity contribution in [1.82, 2.24) is 15.1 Å². The Labute approximate surface area is 127 Å². The molecule has 1 aromatic heterocycles. The highest BCUT2D eigenvalue weighted by Crippen LogP contribution is 2.34. The predicted octanol–water partition coefficient (Wildman–Crippen LogP) is 2.42. The number of hydrogen-bond acceptors (Lipinski definition) is 4. The van der Waals surface area contributed by atoms with E-state index in [9.17, 15) is 0 Å². The van der Waals surface area contributed by atoms with Crippen LogP contribution in [0, 0.1) is 22.7 Å². The number of aromatic nitrogens is 2. The molecule has 1 N–H and O–H groups in total. The first-order valence-electron chi connectivity index (χ1n) is 7.70. The van der Waals surface area contributed by atoms with Crippen molar-refractivity contribution in [1.29, 1.82) is 5.26 Å². The van der Waals surface area contributed by atoms with Crippen molar-refractivity contribution in [3.8, 4) is 6.07 Å². The Morgan fingerprint density at radius 3 is 3.05 bits per heavy atom. The molecule has 0 amide bonds. The van der Waals surface area contributed by atoms with E-state index in [0.29, 0.717) is 12.3 Å². The lowest BCUT2D eigenvalue weighted by molar-refractivity contribution is 0.0897. The fraction of sp³-hybridized carbons (Fsp3) is 0.750. The molecule has 1 aliphatic heterocycles. The molecule has 1 fully saturated rings. The van der Waals surface area contributed by atoms with E-state index in [2.05, 4.69) is 30.3 Å². The Morgan fingerprint density at radius 1 is 1.57 bits per heavy atom. The summed E-state index contributed by atoms with van der Waals surface area (Å²) in [6.07, 6.45) is 6.75. The monoisotopic (exact) mass is 290 g/mol. The van der Waals surface area contributed by atoms with Crippen molar-refractivity contribution in [3.05, 3.63) is 18.0 Å². The topological polar surface area (TPSA) is 62.9 Å². The molecule has 5 heteroatoms. The Hall–Kier alpha value is -1.38. The Morgan fingerprint density at radius 2 is 2.38 bits per heavy atom. The summed E-state index contributed by atoms with van der Waals surface area (Å²) in [7, 11) is 1.93. The highest BCUT2D eigenvalue weighted by molar-refractivity contribution is 5.11. The minimum Gasteiger partial charge on any atom is -0.373 e. The second-order valence-corrected chi connectivity index (χ2v) is 6.74. The lowest BCUT2D eigenvalue weighted by atomic mass is 9.87. The molecule has 116 valence electrons. The first-order chi connectivity index (χ1) is 10.0. The fourth-order valence-electron chi connectivity index (χ4n) is 2.88. The van der Waals surface area contributed by atoms with Gasteiger partial charge in [-0.25, -0.2) is 0 Å². The van der Waals surface area contributed by atoms with Crippen LogP contribution in [-0.4, -0.2) is 29.5 Å². The zero-order valence-electron chi connectivity index (χ0n) is 13.3. The molecule has 1 aromatic rings. The fourth-order valence-corrected chi connectivity index (χ4v) is 2.88. The molecule has 1 saturated heterocycles. The van der Waals surface area contributed by atoms with Gasteiger partial charge in [-0.05, 0) is 18.3 Å². The molecule has 5 nitrogen and oxygen atoms in total. The van der Waals surface area contributed by atoms with Crippen LogP contribution in [0.4, 0.5) is 0 Å². The number of hydrogen-bond donors (Lipinski definition) is 1. The summed E-state index contributed by atoms with van der Waals surface area (Å²) in [6, 6.07) is 2.23. The van der Waals surface area contributed by atoms with Crippen LogP contribution in [0.25, 0.3) is 0 Å². The van der Waals surface area contributed by atoms with Gasteiger partial charge in [0, 0.05) is 50.8 Å². The van der Waals surface area contributed by atoms with E-state index in [1.807, 2.05) is 24.1 Å². The molecule has 2 rings (SSSR count). The van der Waals surface area contributed by atoms with E-state index in [1.54, 1.807) is 0 Å². The average Bonchev–Trinajstić information content (AvgIpc) is 3.05. The normalized spacial score (nSPS) is 22.4. The summed E-state index contributed by atoms with van der Waals surface area (Å²) in [5, 5.41) is 16.5. The number of ether oxygens (including phenoxy) is 1. The number of nitriles is 1. The SMILES string of the molecule is Cn1cc([C@@H]2OCC[C@@H]2CNCC(C)(C)CCC#N)cn1. The molecule has 0 aromatic carbocycles. The third-order valence-electron chi connectivity index (χ3n) is 4.19. The van der Waals surface area contributed by atoms with Gasteiger partial charge in [-0.1, -0.05) is 13.8 Å². The quantitative estimate of drug-likeness (QED) is 0.837. The molecule has 1 aliphatic rings. The van der Waals surface area contributed by atoms with Crippen LogP contribution in [0.15, 0.2) is 12.4 Å². The van der Waals surface area contributed by atoms with Gasteiger partial charge in [0.15, 0.2) is 0 Å². The first-order valence-corrected chi connectivity index (χ1v) is 7.70. The smallest absolute Gasteiger partial charge is 0.0896 e. The first kappa shape index (κ1) is 16.0. The third kappa shape index (κ3) is 4.55. The number of rotatable bonds is 7. The summed E-state index contributed by atoms with van der Waals surface area (Å²) < 4.78 is 7.70. The highest BCUT2D eigenvalue weighted by Gasteiger charge is 2.30. The standard InChI is InChI=1S/C16H26N4O/c1-16(2,6-4-7-17)12-18-9-13-5-8-21-15(13)14-10-19-20(3)11-14/h10-11,13,15,18H,4-6,8-9,12H2,1-3H3/t13-,15-/m1/s1.